The van der Waals surface area contributed by atoms with Crippen LogP contribution in [0.5, 0.6) is 0 Å². The number of aromatic amines is 1. The predicted octanol–water partition coefficient (Wildman–Crippen LogP) is 5.88. The maximum atomic E-state index is 8.23. The molecule has 0 aliphatic carbocycles. The Hall–Kier alpha value is -3.28. The highest BCUT2D eigenvalue weighted by Crippen LogP contribution is 2.36. The highest BCUT2D eigenvalue weighted by atomic mass is 79.9. The first kappa shape index (κ1) is 22.5. The molecule has 3 heterocycles. The lowest BCUT2D eigenvalue weighted by Gasteiger charge is -2.10. The third kappa shape index (κ3) is 4.54. The fourth-order valence-electron chi connectivity index (χ4n) is 4.00. The van der Waals surface area contributed by atoms with E-state index in [4.69, 9.17) is 16.8 Å². The fourth-order valence-corrected chi connectivity index (χ4v) is 5.64. The van der Waals surface area contributed by atoms with E-state index in [1.165, 1.54) is 11.1 Å². The number of aryl methyl sites for hydroxylation is 2. The van der Waals surface area contributed by atoms with Gasteiger partial charge in [-0.2, -0.15) is 0 Å². The van der Waals surface area contributed by atoms with Gasteiger partial charge in [0.15, 0.2) is 16.3 Å². The van der Waals surface area contributed by atoms with Crippen molar-refractivity contribution in [2.24, 2.45) is 0 Å². The Balaban J connectivity index is 1.53. The molecule has 0 aliphatic rings. The number of hydrogen-bond donors (Lipinski definition) is 2. The van der Waals surface area contributed by atoms with E-state index in [2.05, 4.69) is 92.0 Å². The number of benzene rings is 2. The summed E-state index contributed by atoms with van der Waals surface area (Å²) in [5.41, 5.74) is 5.20. The number of imidazole rings is 1. The molecule has 170 valence electrons. The van der Waals surface area contributed by atoms with Crippen LogP contribution in [0.15, 0.2) is 69.5 Å². The smallest absolute Gasteiger partial charge is 0.173 e. The van der Waals surface area contributed by atoms with E-state index < -0.39 is 0 Å². The molecule has 2 aromatic carbocycles. The molecule has 5 rings (SSSR count). The molecule has 2 N–H and O–H groups in total. The van der Waals surface area contributed by atoms with Crippen molar-refractivity contribution in [3.63, 3.8) is 0 Å². The first-order valence-corrected chi connectivity index (χ1v) is 12.6. The third-order valence-corrected chi connectivity index (χ3v) is 7.06. The Morgan fingerprint density at radius 1 is 1.18 bits per heavy atom. The Morgan fingerprint density at radius 3 is 2.79 bits per heavy atom. The van der Waals surface area contributed by atoms with Crippen molar-refractivity contribution in [3.8, 4) is 12.3 Å². The number of fused-ring (bicyclic) bond motifs is 2. The Labute approximate surface area is 210 Å². The fraction of sp³-hybridized carbons (Fsp3) is 0.192. The van der Waals surface area contributed by atoms with E-state index >= 15 is 0 Å². The van der Waals surface area contributed by atoms with Crippen molar-refractivity contribution < 1.29 is 0 Å². The molecule has 0 fully saturated rings. The van der Waals surface area contributed by atoms with Crippen molar-refractivity contribution in [1.82, 2.24) is 24.1 Å². The summed E-state index contributed by atoms with van der Waals surface area (Å²) in [7, 11) is 0. The van der Waals surface area contributed by atoms with Gasteiger partial charge in [0.25, 0.3) is 0 Å². The van der Waals surface area contributed by atoms with Crippen LogP contribution in [0.25, 0.3) is 22.1 Å². The second-order valence-electron chi connectivity index (χ2n) is 8.21. The van der Waals surface area contributed by atoms with Crippen LogP contribution < -0.4 is 5.49 Å². The summed E-state index contributed by atoms with van der Waals surface area (Å²) in [4.78, 5) is 13.4. The van der Waals surface area contributed by atoms with Crippen molar-refractivity contribution in [1.29, 1.82) is 5.41 Å². The van der Waals surface area contributed by atoms with Crippen molar-refractivity contribution in [2.45, 2.75) is 42.9 Å². The molecule has 0 spiro atoms. The molecule has 3 aromatic heterocycles. The lowest BCUT2D eigenvalue weighted by molar-refractivity contribution is 0.653. The van der Waals surface area contributed by atoms with Crippen LogP contribution in [0.2, 0.25) is 0 Å². The van der Waals surface area contributed by atoms with Crippen molar-refractivity contribution in [2.75, 3.05) is 0 Å². The van der Waals surface area contributed by atoms with Gasteiger partial charge in [0.2, 0.25) is 0 Å². The Morgan fingerprint density at radius 2 is 2.00 bits per heavy atom. The molecule has 0 aliphatic heterocycles. The minimum Gasteiger partial charge on any atom is -0.342 e. The topological polar surface area (TPSA) is 75.3 Å². The van der Waals surface area contributed by atoms with Gasteiger partial charge < -0.3 is 14.1 Å². The summed E-state index contributed by atoms with van der Waals surface area (Å²) in [5.74, 6) is 2.67. The van der Waals surface area contributed by atoms with Crippen LogP contribution >= 0.6 is 27.7 Å². The van der Waals surface area contributed by atoms with Gasteiger partial charge in [0.1, 0.15) is 5.52 Å². The molecular weight excluding hydrogens is 508 g/mol. The van der Waals surface area contributed by atoms with E-state index in [1.54, 1.807) is 18.1 Å². The second kappa shape index (κ2) is 9.53. The van der Waals surface area contributed by atoms with Gasteiger partial charge >= 0.3 is 0 Å². The summed E-state index contributed by atoms with van der Waals surface area (Å²) in [6, 6.07) is 15.0. The summed E-state index contributed by atoms with van der Waals surface area (Å²) in [6.45, 7) is 3.60. The lowest BCUT2D eigenvalue weighted by atomic mass is 10.1. The van der Waals surface area contributed by atoms with Crippen LogP contribution in [-0.2, 0) is 13.1 Å². The first-order chi connectivity index (χ1) is 16.5. The molecule has 0 atom stereocenters. The quantitative estimate of drug-likeness (QED) is 0.204. The van der Waals surface area contributed by atoms with Crippen LogP contribution in [0.3, 0.4) is 0 Å². The molecule has 0 amide bonds. The molecule has 34 heavy (non-hydrogen) atoms. The molecule has 8 heteroatoms. The zero-order valence-electron chi connectivity index (χ0n) is 18.7. The summed E-state index contributed by atoms with van der Waals surface area (Å²) < 4.78 is 5.25. The Bertz CT molecular complexity index is 1590. The predicted molar refractivity (Wildman–Crippen MR) is 140 cm³/mol. The molecular formula is C26H23BrN6S. The zero-order valence-corrected chi connectivity index (χ0v) is 21.1. The minimum atomic E-state index is 0.185. The summed E-state index contributed by atoms with van der Waals surface area (Å²) in [5, 5.41) is 10.1. The van der Waals surface area contributed by atoms with Gasteiger partial charge in [-0.15, -0.1) is 12.3 Å². The van der Waals surface area contributed by atoms with E-state index in [-0.39, 0.29) is 5.49 Å². The number of H-pyrrole nitrogens is 1. The number of rotatable bonds is 7. The van der Waals surface area contributed by atoms with Gasteiger partial charge in [0.05, 0.1) is 11.8 Å². The lowest BCUT2D eigenvalue weighted by Crippen LogP contribution is -2.12. The van der Waals surface area contributed by atoms with E-state index in [0.29, 0.717) is 18.5 Å². The average molecular weight is 531 g/mol. The molecule has 0 radical (unpaired) electrons. The molecule has 0 unspecified atom stereocenters. The summed E-state index contributed by atoms with van der Waals surface area (Å²) in [6.07, 6.45) is 10.7. The number of nitrogens with one attached hydrogen (secondary N) is 2. The molecule has 0 saturated carbocycles. The number of aromatic nitrogens is 5. The monoisotopic (exact) mass is 530 g/mol. The molecule has 5 aromatic rings. The standard InChI is InChI=1S/C26H23BrN6S/c1-3-4-5-11-33-16-29-24(28)22-25(33)31-26(30-22)34-21-14-20(27)13-19-10-12-32(23(19)21)15-18-8-6-17(2)7-9-18/h1,6-10,12-14,16,28H,4-5,11,15H2,2H3,(H,30,31). The van der Waals surface area contributed by atoms with Crippen LogP contribution in [-0.4, -0.2) is 24.1 Å². The van der Waals surface area contributed by atoms with Crippen LogP contribution in [0.4, 0.5) is 0 Å². The highest BCUT2D eigenvalue weighted by Gasteiger charge is 2.15. The van der Waals surface area contributed by atoms with Crippen molar-refractivity contribution >= 4 is 49.8 Å². The molecule has 6 nitrogen and oxygen atoms in total. The summed E-state index contributed by atoms with van der Waals surface area (Å²) >= 11 is 5.22. The maximum Gasteiger partial charge on any atom is 0.173 e. The number of halogens is 1. The van der Waals surface area contributed by atoms with Gasteiger partial charge in [0, 0.05) is 40.5 Å². The highest BCUT2D eigenvalue weighted by molar-refractivity contribution is 9.10. The maximum absolute atomic E-state index is 8.23. The SMILES string of the molecule is C#CCCCn1cnc(=N)c2[nH]c(Sc3cc(Br)cc4ccn(Cc5ccc(C)cc5)c34)nc21. The molecule has 0 bridgehead atoms. The van der Waals surface area contributed by atoms with E-state index in [1.807, 2.05) is 4.57 Å². The third-order valence-electron chi connectivity index (χ3n) is 5.69. The van der Waals surface area contributed by atoms with Crippen molar-refractivity contribution in [3.05, 3.63) is 76.1 Å². The van der Waals surface area contributed by atoms with Gasteiger partial charge in [-0.3, -0.25) is 5.41 Å². The number of unbranched alkanes of at least 4 members (excludes halogenated alkanes) is 1. The van der Waals surface area contributed by atoms with Gasteiger partial charge in [-0.1, -0.05) is 45.8 Å². The second-order valence-corrected chi connectivity index (χ2v) is 10.2. The minimum absolute atomic E-state index is 0.185. The average Bonchev–Trinajstić information content (AvgIpc) is 3.42. The van der Waals surface area contributed by atoms with Crippen LogP contribution in [0, 0.1) is 24.7 Å². The van der Waals surface area contributed by atoms with E-state index in [0.717, 1.165) is 44.0 Å². The number of hydrogen-bond acceptors (Lipinski definition) is 4. The zero-order chi connectivity index (χ0) is 23.7. The van der Waals surface area contributed by atoms with Gasteiger partial charge in [-0.25, -0.2) is 9.97 Å². The first-order valence-electron chi connectivity index (χ1n) is 11.0. The molecule has 0 saturated heterocycles. The van der Waals surface area contributed by atoms with Crippen LogP contribution in [0.1, 0.15) is 24.0 Å². The Kier molecular flexibility index (Phi) is 6.31. The number of terminal acetylenes is 1. The number of nitrogens with zero attached hydrogens (tertiary/aromatic N) is 4. The largest absolute Gasteiger partial charge is 0.342 e. The van der Waals surface area contributed by atoms with Gasteiger partial charge in [-0.05, 0) is 48.9 Å². The normalized spacial score (nSPS) is 11.3. The van der Waals surface area contributed by atoms with E-state index in [9.17, 15) is 0 Å².